The minimum absolute atomic E-state index is 0.209. The lowest BCUT2D eigenvalue weighted by Crippen LogP contribution is -2.07. The number of anilines is 1. The Bertz CT molecular complexity index is 993. The van der Waals surface area contributed by atoms with E-state index in [1.807, 2.05) is 12.1 Å². The summed E-state index contributed by atoms with van der Waals surface area (Å²) in [6, 6.07) is 8.09. The van der Waals surface area contributed by atoms with Gasteiger partial charge in [0.05, 0.1) is 18.2 Å². The molecule has 1 aliphatic heterocycles. The predicted octanol–water partition coefficient (Wildman–Crippen LogP) is 4.71. The minimum atomic E-state index is 0.209. The quantitative estimate of drug-likeness (QED) is 0.655. The van der Waals surface area contributed by atoms with Gasteiger partial charge in [0.25, 0.3) is 0 Å². The molecule has 26 heavy (non-hydrogen) atoms. The van der Waals surface area contributed by atoms with Crippen molar-refractivity contribution in [2.75, 3.05) is 11.5 Å². The van der Waals surface area contributed by atoms with E-state index in [4.69, 9.17) is 22.1 Å². The van der Waals surface area contributed by atoms with Crippen LogP contribution < -0.4 is 5.73 Å². The van der Waals surface area contributed by atoms with Gasteiger partial charge in [0.1, 0.15) is 0 Å². The molecule has 0 saturated carbocycles. The van der Waals surface area contributed by atoms with Crippen molar-refractivity contribution in [3.8, 4) is 11.4 Å². The first-order valence-electron chi connectivity index (χ1n) is 8.48. The summed E-state index contributed by atoms with van der Waals surface area (Å²) in [6.45, 7) is 5.47. The van der Waals surface area contributed by atoms with Crippen LogP contribution in [0, 0.1) is 5.92 Å². The third-order valence-electron chi connectivity index (χ3n) is 4.20. The summed E-state index contributed by atoms with van der Waals surface area (Å²) in [5, 5.41) is 3.42. The number of hydrogen-bond donors (Lipinski definition) is 1. The molecule has 0 fully saturated rings. The predicted molar refractivity (Wildman–Crippen MR) is 106 cm³/mol. The van der Waals surface area contributed by atoms with Gasteiger partial charge in [-0.2, -0.15) is 9.97 Å². The Kier molecular flexibility index (Phi) is 4.73. The zero-order valence-electron chi connectivity index (χ0n) is 14.6. The summed E-state index contributed by atoms with van der Waals surface area (Å²) in [5.41, 5.74) is 9.00. The maximum atomic E-state index is 6.63. The van der Waals surface area contributed by atoms with E-state index in [2.05, 4.69) is 40.9 Å². The lowest BCUT2D eigenvalue weighted by atomic mass is 9.94. The van der Waals surface area contributed by atoms with Crippen LogP contribution in [0.4, 0.5) is 5.95 Å². The Labute approximate surface area is 161 Å². The maximum absolute atomic E-state index is 6.63. The van der Waals surface area contributed by atoms with Crippen LogP contribution in [0.25, 0.3) is 22.2 Å². The molecule has 0 bridgehead atoms. The van der Waals surface area contributed by atoms with E-state index in [1.54, 1.807) is 11.8 Å². The van der Waals surface area contributed by atoms with Crippen molar-refractivity contribution >= 4 is 40.1 Å². The van der Waals surface area contributed by atoms with Crippen LogP contribution in [-0.2, 0) is 18.0 Å². The Morgan fingerprint density at radius 1 is 1.19 bits per heavy atom. The van der Waals surface area contributed by atoms with Crippen molar-refractivity contribution in [2.24, 2.45) is 5.92 Å². The molecule has 7 heteroatoms. The van der Waals surface area contributed by atoms with Gasteiger partial charge in [0.15, 0.2) is 11.0 Å². The molecule has 5 nitrogen and oxygen atoms in total. The smallest absolute Gasteiger partial charge is 0.224 e. The molecule has 3 aromatic rings. The lowest BCUT2D eigenvalue weighted by Gasteiger charge is -2.20. The number of aromatic nitrogens is 3. The third-order valence-corrected chi connectivity index (χ3v) is 5.77. The van der Waals surface area contributed by atoms with E-state index in [-0.39, 0.29) is 5.95 Å². The highest BCUT2D eigenvalue weighted by Crippen LogP contribution is 2.39. The topological polar surface area (TPSA) is 73.9 Å². The van der Waals surface area contributed by atoms with Gasteiger partial charge >= 0.3 is 0 Å². The summed E-state index contributed by atoms with van der Waals surface area (Å²) in [7, 11) is 0. The van der Waals surface area contributed by atoms with Crippen LogP contribution in [0.3, 0.4) is 0 Å². The van der Waals surface area contributed by atoms with Crippen LogP contribution in [0.1, 0.15) is 25.0 Å². The number of benzene rings is 2. The molecule has 1 aromatic heterocycles. The first-order valence-corrected chi connectivity index (χ1v) is 9.84. The van der Waals surface area contributed by atoms with E-state index >= 15 is 0 Å². The van der Waals surface area contributed by atoms with Crippen LogP contribution >= 0.6 is 23.4 Å². The normalized spacial score (nSPS) is 13.5. The van der Waals surface area contributed by atoms with Crippen molar-refractivity contribution in [1.82, 2.24) is 15.0 Å². The highest BCUT2D eigenvalue weighted by atomic mass is 35.5. The number of nitrogen functional groups attached to an aromatic ring is 1. The first kappa shape index (κ1) is 17.5. The van der Waals surface area contributed by atoms with E-state index in [9.17, 15) is 0 Å². The van der Waals surface area contributed by atoms with Gasteiger partial charge in [0, 0.05) is 11.3 Å². The van der Waals surface area contributed by atoms with Crippen LogP contribution in [-0.4, -0.2) is 20.7 Å². The molecule has 0 atom stereocenters. The number of ether oxygens (including phenoxy) is 1. The molecule has 0 spiro atoms. The number of hydrogen-bond acceptors (Lipinski definition) is 6. The second kappa shape index (κ2) is 7.02. The Morgan fingerprint density at radius 2 is 2.00 bits per heavy atom. The number of nitrogens with two attached hydrogens (primary N) is 1. The van der Waals surface area contributed by atoms with Gasteiger partial charge in [-0.05, 0) is 33.9 Å². The van der Waals surface area contributed by atoms with Gasteiger partial charge in [-0.3, -0.25) is 0 Å². The zero-order chi connectivity index (χ0) is 18.3. The fraction of sp³-hybridized carbons (Fsp3) is 0.316. The lowest BCUT2D eigenvalue weighted by molar-refractivity contribution is 0.103. The molecule has 0 aliphatic carbocycles. The minimum Gasteiger partial charge on any atom is -0.372 e. The standard InChI is InChI=1S/C19H19ClN4OS/c1-10(2)9-26-19-23-17(22-18(21)24-19)16-13-5-3-4-11-7-25-8-12(15(11)13)6-14(16)20/h3-6,10H,7-9H2,1-2H3,(H2,21,22,23,24). The maximum Gasteiger partial charge on any atom is 0.224 e. The number of nitrogens with zero attached hydrogens (tertiary/aromatic N) is 3. The highest BCUT2D eigenvalue weighted by Gasteiger charge is 2.21. The van der Waals surface area contributed by atoms with Gasteiger partial charge in [-0.1, -0.05) is 55.4 Å². The van der Waals surface area contributed by atoms with Crippen LogP contribution in [0.2, 0.25) is 5.02 Å². The van der Waals surface area contributed by atoms with Crippen molar-refractivity contribution < 1.29 is 4.74 Å². The van der Waals surface area contributed by atoms with Crippen LogP contribution in [0.15, 0.2) is 29.4 Å². The summed E-state index contributed by atoms with van der Waals surface area (Å²) in [6.07, 6.45) is 0. The summed E-state index contributed by atoms with van der Waals surface area (Å²) in [4.78, 5) is 13.3. The van der Waals surface area contributed by atoms with Crippen molar-refractivity contribution in [2.45, 2.75) is 32.2 Å². The molecular weight excluding hydrogens is 368 g/mol. The van der Waals surface area contributed by atoms with Crippen molar-refractivity contribution in [1.29, 1.82) is 0 Å². The first-order chi connectivity index (χ1) is 12.5. The summed E-state index contributed by atoms with van der Waals surface area (Å²) >= 11 is 8.21. The van der Waals surface area contributed by atoms with E-state index in [1.165, 1.54) is 5.39 Å². The molecular formula is C19H19ClN4OS. The Balaban J connectivity index is 1.90. The average Bonchev–Trinajstić information content (AvgIpc) is 2.60. The average molecular weight is 387 g/mol. The van der Waals surface area contributed by atoms with E-state index in [0.717, 1.165) is 27.8 Å². The monoisotopic (exact) mass is 386 g/mol. The number of halogens is 1. The molecule has 2 aromatic carbocycles. The fourth-order valence-corrected chi connectivity index (χ4v) is 4.25. The number of thioether (sulfide) groups is 1. The molecule has 4 rings (SSSR count). The molecule has 1 aliphatic rings. The molecule has 0 radical (unpaired) electrons. The third kappa shape index (κ3) is 3.24. The van der Waals surface area contributed by atoms with E-state index in [0.29, 0.717) is 35.1 Å². The van der Waals surface area contributed by atoms with E-state index < -0.39 is 0 Å². The van der Waals surface area contributed by atoms with Gasteiger partial charge in [-0.15, -0.1) is 0 Å². The highest BCUT2D eigenvalue weighted by molar-refractivity contribution is 7.99. The second-order valence-electron chi connectivity index (χ2n) is 6.73. The van der Waals surface area contributed by atoms with Crippen LogP contribution in [0.5, 0.6) is 0 Å². The second-order valence-corrected chi connectivity index (χ2v) is 8.12. The molecule has 134 valence electrons. The molecule has 0 amide bonds. The van der Waals surface area contributed by atoms with Gasteiger partial charge < -0.3 is 10.5 Å². The van der Waals surface area contributed by atoms with Crippen molar-refractivity contribution in [3.63, 3.8) is 0 Å². The Hall–Kier alpha value is -1.89. The van der Waals surface area contributed by atoms with Crippen molar-refractivity contribution in [3.05, 3.63) is 40.4 Å². The largest absolute Gasteiger partial charge is 0.372 e. The van der Waals surface area contributed by atoms with Gasteiger partial charge in [-0.25, -0.2) is 4.98 Å². The number of rotatable bonds is 4. The fourth-order valence-electron chi connectivity index (χ4n) is 3.14. The molecule has 0 unspecified atom stereocenters. The summed E-state index contributed by atoms with van der Waals surface area (Å²) < 4.78 is 5.66. The van der Waals surface area contributed by atoms with Gasteiger partial charge in [0.2, 0.25) is 5.95 Å². The summed E-state index contributed by atoms with van der Waals surface area (Å²) in [5.74, 6) is 2.17. The molecule has 0 saturated heterocycles. The SMILES string of the molecule is CC(C)CSc1nc(N)nc(-c2c(Cl)cc3c4c(cccc24)COC3)n1. The molecule has 2 N–H and O–H groups in total. The zero-order valence-corrected chi connectivity index (χ0v) is 16.2. The molecule has 2 heterocycles. The Morgan fingerprint density at radius 3 is 2.81 bits per heavy atom.